The number of thioether (sulfide) groups is 1. The smallest absolute Gasteiger partial charge is 0.162 e. The van der Waals surface area contributed by atoms with Gasteiger partial charge in [0, 0.05) is 0 Å². The third kappa shape index (κ3) is 2.53. The van der Waals surface area contributed by atoms with Gasteiger partial charge in [0.2, 0.25) is 0 Å². The average molecular weight is 247 g/mol. The number of nitriles is 1. The summed E-state index contributed by atoms with van der Waals surface area (Å²) in [6.07, 6.45) is 0.0301. The lowest BCUT2D eigenvalue weighted by Crippen LogP contribution is -2.15. The molecule has 1 aliphatic rings. The maximum absolute atomic E-state index is 9.11. The number of anilines is 1. The topological polar surface area (TPSA) is 48.6 Å². The molecule has 0 bridgehead atoms. The minimum atomic E-state index is 0.0301. The molecule has 0 aromatic heterocycles. The quantitative estimate of drug-likeness (QED) is 0.824. The van der Waals surface area contributed by atoms with Gasteiger partial charge in [0.05, 0.1) is 23.1 Å². The van der Waals surface area contributed by atoms with Gasteiger partial charge >= 0.3 is 0 Å². The second-order valence-electron chi connectivity index (χ2n) is 3.85. The molecular weight excluding hydrogens is 234 g/mol. The van der Waals surface area contributed by atoms with Gasteiger partial charge in [-0.3, -0.25) is 5.01 Å². The molecule has 88 valence electrons. The summed E-state index contributed by atoms with van der Waals surface area (Å²) in [5, 5.41) is 15.2. The molecule has 1 aromatic rings. The Kier molecular flexibility index (Phi) is 3.55. The highest BCUT2D eigenvalue weighted by Gasteiger charge is 2.18. The zero-order chi connectivity index (χ0) is 12.3. The fourth-order valence-electron chi connectivity index (χ4n) is 1.53. The first kappa shape index (κ1) is 11.8. The van der Waals surface area contributed by atoms with E-state index in [2.05, 4.69) is 11.2 Å². The van der Waals surface area contributed by atoms with E-state index in [4.69, 9.17) is 10.00 Å². The predicted octanol–water partition coefficient (Wildman–Crippen LogP) is 2.80. The number of ether oxygens (including phenoxy) is 1. The minimum absolute atomic E-state index is 0.0301. The summed E-state index contributed by atoms with van der Waals surface area (Å²) in [6, 6.07) is 7.68. The van der Waals surface area contributed by atoms with Gasteiger partial charge in [-0.2, -0.15) is 10.4 Å². The Balaban J connectivity index is 2.43. The molecule has 1 aliphatic heterocycles. The number of hydrogen-bond acceptors (Lipinski definition) is 5. The number of hydrazone groups is 1. The number of benzene rings is 1. The molecule has 0 spiro atoms. The lowest BCUT2D eigenvalue weighted by molar-refractivity contribution is 0.242. The first-order valence-corrected chi connectivity index (χ1v) is 6.38. The molecule has 0 aliphatic carbocycles. The molecule has 2 rings (SSSR count). The van der Waals surface area contributed by atoms with Crippen molar-refractivity contribution < 1.29 is 4.74 Å². The number of nitrogens with zero attached hydrogens (tertiary/aromatic N) is 3. The minimum Gasteiger partial charge on any atom is -0.487 e. The van der Waals surface area contributed by atoms with Crippen molar-refractivity contribution >= 4 is 23.0 Å². The highest BCUT2D eigenvalue weighted by atomic mass is 32.2. The highest BCUT2D eigenvalue weighted by molar-refractivity contribution is 8.12. The number of hydrogen-bond donors (Lipinski definition) is 0. The number of rotatable bonds is 3. The zero-order valence-electron chi connectivity index (χ0n) is 9.75. The predicted molar refractivity (Wildman–Crippen MR) is 70.4 cm³/mol. The van der Waals surface area contributed by atoms with Crippen molar-refractivity contribution in [3.05, 3.63) is 23.8 Å². The highest BCUT2D eigenvalue weighted by Crippen LogP contribution is 2.35. The Hall–Kier alpha value is -1.67. The molecule has 1 aromatic carbocycles. The molecule has 4 nitrogen and oxygen atoms in total. The lowest BCUT2D eigenvalue weighted by atomic mass is 10.2. The van der Waals surface area contributed by atoms with E-state index in [1.807, 2.05) is 31.0 Å². The van der Waals surface area contributed by atoms with Crippen molar-refractivity contribution in [1.29, 1.82) is 5.26 Å². The fraction of sp³-hybridized carbons (Fsp3) is 0.333. The molecule has 0 atom stereocenters. The Bertz CT molecular complexity index is 479. The Morgan fingerprint density at radius 2 is 2.35 bits per heavy atom. The van der Waals surface area contributed by atoms with Gasteiger partial charge in [0.1, 0.15) is 11.8 Å². The molecule has 17 heavy (non-hydrogen) atoms. The summed E-state index contributed by atoms with van der Waals surface area (Å²) in [4.78, 5) is 0. The van der Waals surface area contributed by atoms with Gasteiger partial charge in [-0.15, -0.1) is 0 Å². The molecular formula is C12H13N3OS. The van der Waals surface area contributed by atoms with E-state index in [1.54, 1.807) is 23.4 Å². The Morgan fingerprint density at radius 3 is 2.94 bits per heavy atom. The van der Waals surface area contributed by atoms with Gasteiger partial charge in [-0.25, -0.2) is 0 Å². The lowest BCUT2D eigenvalue weighted by Gasteiger charge is -2.20. The second-order valence-corrected chi connectivity index (χ2v) is 4.65. The molecule has 0 radical (unpaired) electrons. The van der Waals surface area contributed by atoms with Gasteiger partial charge < -0.3 is 4.74 Å². The van der Waals surface area contributed by atoms with Crippen molar-refractivity contribution in [3.63, 3.8) is 0 Å². The molecule has 0 N–H and O–H groups in total. The average Bonchev–Trinajstić information content (AvgIpc) is 2.82. The van der Waals surface area contributed by atoms with Gasteiger partial charge in [-0.05, 0) is 26.0 Å². The summed E-state index contributed by atoms with van der Waals surface area (Å²) < 4.78 is 5.73. The van der Waals surface area contributed by atoms with Crippen LogP contribution in [0.5, 0.6) is 5.75 Å². The molecule has 0 saturated carbocycles. The zero-order valence-corrected chi connectivity index (χ0v) is 10.6. The second kappa shape index (κ2) is 5.11. The van der Waals surface area contributed by atoms with Gasteiger partial charge in [-0.1, -0.05) is 17.8 Å². The number of para-hydroxylation sites is 1. The van der Waals surface area contributed by atoms with Crippen LogP contribution in [-0.2, 0) is 0 Å². The third-order valence-corrected chi connectivity index (χ3v) is 2.84. The van der Waals surface area contributed by atoms with Crippen LogP contribution < -0.4 is 9.75 Å². The first-order chi connectivity index (χ1) is 8.22. The van der Waals surface area contributed by atoms with Crippen LogP contribution in [-0.4, -0.2) is 17.5 Å². The van der Waals surface area contributed by atoms with Crippen LogP contribution in [0.3, 0.4) is 0 Å². The molecule has 5 heteroatoms. The summed E-state index contributed by atoms with van der Waals surface area (Å²) in [5.41, 5.74) is 3.18. The van der Waals surface area contributed by atoms with Crippen molar-refractivity contribution in [2.24, 2.45) is 5.10 Å². The van der Waals surface area contributed by atoms with Gasteiger partial charge in [0.25, 0.3) is 0 Å². The van der Waals surface area contributed by atoms with E-state index in [0.717, 1.165) is 11.6 Å². The van der Waals surface area contributed by atoms with E-state index in [9.17, 15) is 0 Å². The van der Waals surface area contributed by atoms with E-state index >= 15 is 0 Å². The SMILES string of the molecule is CC(C)Oc1c(C#N)cccc1N1CSC=N1. The van der Waals surface area contributed by atoms with Gasteiger partial charge in [0.15, 0.2) is 5.75 Å². The van der Waals surface area contributed by atoms with Crippen LogP contribution >= 0.6 is 11.8 Å². The maximum atomic E-state index is 9.11. The fourth-order valence-corrected chi connectivity index (χ4v) is 2.13. The molecule has 0 amide bonds. The van der Waals surface area contributed by atoms with E-state index in [0.29, 0.717) is 11.3 Å². The van der Waals surface area contributed by atoms with E-state index in [1.165, 1.54) is 0 Å². The van der Waals surface area contributed by atoms with Crippen molar-refractivity contribution in [2.75, 3.05) is 10.9 Å². The Labute approximate surface area is 105 Å². The van der Waals surface area contributed by atoms with Crippen molar-refractivity contribution in [1.82, 2.24) is 0 Å². The summed E-state index contributed by atoms with van der Waals surface area (Å²) in [5.74, 6) is 1.37. The summed E-state index contributed by atoms with van der Waals surface area (Å²) in [7, 11) is 0. The third-order valence-electron chi connectivity index (χ3n) is 2.20. The van der Waals surface area contributed by atoms with Crippen LogP contribution in [0.25, 0.3) is 0 Å². The van der Waals surface area contributed by atoms with Crippen LogP contribution in [0.15, 0.2) is 23.3 Å². The summed E-state index contributed by atoms with van der Waals surface area (Å²) in [6.45, 7) is 3.89. The monoisotopic (exact) mass is 247 g/mol. The normalized spacial score (nSPS) is 14.1. The van der Waals surface area contributed by atoms with Crippen LogP contribution in [0.4, 0.5) is 5.69 Å². The van der Waals surface area contributed by atoms with E-state index in [-0.39, 0.29) is 6.10 Å². The van der Waals surface area contributed by atoms with Crippen molar-refractivity contribution in [2.45, 2.75) is 20.0 Å². The molecule has 0 unspecified atom stereocenters. The first-order valence-electron chi connectivity index (χ1n) is 5.33. The Morgan fingerprint density at radius 1 is 1.53 bits per heavy atom. The molecule has 0 saturated heterocycles. The molecule has 0 fully saturated rings. The van der Waals surface area contributed by atoms with Crippen molar-refractivity contribution in [3.8, 4) is 11.8 Å². The standard InChI is InChI=1S/C12H13N3OS/c1-9(2)16-12-10(6-13)4-3-5-11(12)15-8-17-7-14-15/h3-5,7,9H,8H2,1-2H3. The van der Waals surface area contributed by atoms with Crippen LogP contribution in [0, 0.1) is 11.3 Å². The largest absolute Gasteiger partial charge is 0.487 e. The van der Waals surface area contributed by atoms with E-state index < -0.39 is 0 Å². The molecule has 1 heterocycles. The summed E-state index contributed by atoms with van der Waals surface area (Å²) >= 11 is 1.61. The maximum Gasteiger partial charge on any atom is 0.162 e. The van der Waals surface area contributed by atoms with Crippen LogP contribution in [0.1, 0.15) is 19.4 Å². The van der Waals surface area contributed by atoms with Crippen LogP contribution in [0.2, 0.25) is 0 Å².